The molecule has 7 atom stereocenters. The Balaban J connectivity index is 2.30. The normalized spacial score (nSPS) is 21.2. The second-order valence-electron chi connectivity index (χ2n) is 16.9. The van der Waals surface area contributed by atoms with Crippen LogP contribution in [0.5, 0.6) is 0 Å². The Morgan fingerprint density at radius 1 is 0.545 bits per heavy atom. The summed E-state index contributed by atoms with van der Waals surface area (Å²) in [6, 6.07) is -0.711. The lowest BCUT2D eigenvalue weighted by Crippen LogP contribution is -2.60. The van der Waals surface area contributed by atoms with Gasteiger partial charge in [0.15, 0.2) is 6.29 Å². The molecule has 0 radical (unpaired) electrons. The summed E-state index contributed by atoms with van der Waals surface area (Å²) in [7, 11) is 0. The van der Waals surface area contributed by atoms with E-state index >= 15 is 0 Å². The van der Waals surface area contributed by atoms with Crippen molar-refractivity contribution in [1.82, 2.24) is 5.32 Å². The topological polar surface area (TPSA) is 149 Å². The molecule has 1 saturated heterocycles. The average molecular weight is 786 g/mol. The van der Waals surface area contributed by atoms with Gasteiger partial charge in [-0.25, -0.2) is 0 Å². The number of aliphatic hydroxyl groups is 5. The highest BCUT2D eigenvalue weighted by molar-refractivity contribution is 5.76. The van der Waals surface area contributed by atoms with Crippen molar-refractivity contribution in [2.75, 3.05) is 13.2 Å². The van der Waals surface area contributed by atoms with Gasteiger partial charge in [0.2, 0.25) is 5.91 Å². The molecule has 1 aliphatic rings. The summed E-state index contributed by atoms with van der Waals surface area (Å²) < 4.78 is 11.3. The van der Waals surface area contributed by atoms with Gasteiger partial charge in [0.25, 0.3) is 0 Å². The van der Waals surface area contributed by atoms with E-state index in [1.165, 1.54) is 167 Å². The van der Waals surface area contributed by atoms with E-state index in [-0.39, 0.29) is 12.5 Å². The summed E-state index contributed by atoms with van der Waals surface area (Å²) in [5.74, 6) is -0.140. The fourth-order valence-electron chi connectivity index (χ4n) is 7.87. The molecule has 0 spiro atoms. The Kier molecular flexibility index (Phi) is 35.6. The molecule has 0 saturated carbocycles. The molecule has 1 amide bonds. The predicted molar refractivity (Wildman–Crippen MR) is 226 cm³/mol. The average Bonchev–Trinajstić information content (AvgIpc) is 3.18. The maximum atomic E-state index is 13.0. The third-order valence-electron chi connectivity index (χ3n) is 11.7. The Morgan fingerprint density at radius 2 is 0.909 bits per heavy atom. The first-order valence-corrected chi connectivity index (χ1v) is 23.7. The molecule has 0 aliphatic carbocycles. The molecule has 0 aromatic rings. The van der Waals surface area contributed by atoms with Gasteiger partial charge in [-0.15, -0.1) is 0 Å². The van der Waals surface area contributed by atoms with Crippen molar-refractivity contribution in [3.05, 3.63) is 0 Å². The number of unbranched alkanes of at least 4 members (excludes halogenated alkanes) is 30. The molecule has 1 rings (SSSR count). The number of nitrogens with one attached hydrogen (secondary N) is 1. The molecule has 1 fully saturated rings. The van der Waals surface area contributed by atoms with Crippen molar-refractivity contribution < 1.29 is 39.8 Å². The van der Waals surface area contributed by atoms with Crippen LogP contribution < -0.4 is 5.32 Å². The zero-order valence-corrected chi connectivity index (χ0v) is 36.0. The number of carbonyl (C=O) groups is 1. The van der Waals surface area contributed by atoms with Gasteiger partial charge in [0, 0.05) is 6.42 Å². The van der Waals surface area contributed by atoms with Gasteiger partial charge < -0.3 is 40.3 Å². The van der Waals surface area contributed by atoms with E-state index in [4.69, 9.17) is 9.47 Å². The van der Waals surface area contributed by atoms with Gasteiger partial charge in [0.05, 0.1) is 25.4 Å². The number of aliphatic hydroxyl groups excluding tert-OH is 5. The molecule has 0 aromatic carbocycles. The Morgan fingerprint density at radius 3 is 1.29 bits per heavy atom. The molecule has 0 bridgehead atoms. The second-order valence-corrected chi connectivity index (χ2v) is 16.9. The summed E-state index contributed by atoms with van der Waals surface area (Å²) >= 11 is 0. The third kappa shape index (κ3) is 28.3. The van der Waals surface area contributed by atoms with Crippen LogP contribution in [0.2, 0.25) is 0 Å². The molecular formula is C46H91NO8. The van der Waals surface area contributed by atoms with Crippen molar-refractivity contribution in [2.45, 2.75) is 275 Å². The number of hydrogen-bond acceptors (Lipinski definition) is 8. The van der Waals surface area contributed by atoms with Gasteiger partial charge in [0.1, 0.15) is 24.4 Å². The zero-order valence-electron chi connectivity index (χ0n) is 36.0. The standard InChI is InChI=1S/C46H91NO8/c1-3-5-7-9-11-13-15-17-19-21-23-25-27-29-31-33-35-40(49)39(38-54-46-45(53)44(52)43(51)41(37-48)55-46)47-42(50)36-34-32-30-28-26-24-22-20-18-16-14-12-10-8-6-4-2/h39-41,43-46,48-49,51-53H,3-38H2,1-2H3,(H,47,50)/t39-,40+,41+,43+,44?,45?,46+/m0/s1. The van der Waals surface area contributed by atoms with Crippen LogP contribution in [0.3, 0.4) is 0 Å². The number of hydrogen-bond donors (Lipinski definition) is 6. The maximum absolute atomic E-state index is 13.0. The predicted octanol–water partition coefficient (Wildman–Crippen LogP) is 9.95. The summed E-state index contributed by atoms with van der Waals surface area (Å²) in [4.78, 5) is 13.0. The lowest BCUT2D eigenvalue weighted by atomic mass is 9.99. The van der Waals surface area contributed by atoms with E-state index in [1.807, 2.05) is 0 Å². The van der Waals surface area contributed by atoms with Crippen molar-refractivity contribution in [3.63, 3.8) is 0 Å². The monoisotopic (exact) mass is 786 g/mol. The Labute approximate surface area is 338 Å². The van der Waals surface area contributed by atoms with Crippen LogP contribution in [0, 0.1) is 0 Å². The molecule has 9 nitrogen and oxygen atoms in total. The first-order chi connectivity index (χ1) is 26.8. The van der Waals surface area contributed by atoms with Gasteiger partial charge in [-0.3, -0.25) is 4.79 Å². The maximum Gasteiger partial charge on any atom is 0.220 e. The highest BCUT2D eigenvalue weighted by Crippen LogP contribution is 2.23. The van der Waals surface area contributed by atoms with Gasteiger partial charge in [-0.05, 0) is 12.8 Å². The fraction of sp³-hybridized carbons (Fsp3) is 0.978. The number of ether oxygens (including phenoxy) is 2. The Hall–Kier alpha value is -0.810. The molecule has 1 aliphatic heterocycles. The van der Waals surface area contributed by atoms with Gasteiger partial charge >= 0.3 is 0 Å². The van der Waals surface area contributed by atoms with Crippen molar-refractivity contribution >= 4 is 5.91 Å². The quantitative estimate of drug-likeness (QED) is 0.0337. The van der Waals surface area contributed by atoms with Crippen LogP contribution in [0.15, 0.2) is 0 Å². The number of amides is 1. The van der Waals surface area contributed by atoms with Crippen LogP contribution in [-0.2, 0) is 14.3 Å². The van der Waals surface area contributed by atoms with E-state index < -0.39 is 49.5 Å². The summed E-state index contributed by atoms with van der Waals surface area (Å²) in [6.07, 6.45) is 33.9. The van der Waals surface area contributed by atoms with E-state index in [0.717, 1.165) is 38.5 Å². The summed E-state index contributed by atoms with van der Waals surface area (Å²) in [5.41, 5.74) is 0. The molecule has 55 heavy (non-hydrogen) atoms. The van der Waals surface area contributed by atoms with E-state index in [2.05, 4.69) is 19.2 Å². The summed E-state index contributed by atoms with van der Waals surface area (Å²) in [5, 5.41) is 54.4. The summed E-state index contributed by atoms with van der Waals surface area (Å²) in [6.45, 7) is 3.85. The minimum atomic E-state index is -1.55. The van der Waals surface area contributed by atoms with Crippen LogP contribution in [0.4, 0.5) is 0 Å². The molecule has 0 aromatic heterocycles. The van der Waals surface area contributed by atoms with Crippen molar-refractivity contribution in [2.24, 2.45) is 0 Å². The minimum absolute atomic E-state index is 0.132. The molecule has 328 valence electrons. The SMILES string of the molecule is CCCCCCCCCCCCCCCCCCC(=O)N[C@@H](CO[C@@H]1O[C@H](CO)[C@@H](O)C(O)C1O)[C@H](O)CCCCCCCCCCCCCCCCCC. The first-order valence-electron chi connectivity index (χ1n) is 23.7. The van der Waals surface area contributed by atoms with E-state index in [1.54, 1.807) is 0 Å². The molecule has 9 heteroatoms. The van der Waals surface area contributed by atoms with Gasteiger partial charge in [-0.1, -0.05) is 213 Å². The lowest BCUT2D eigenvalue weighted by molar-refractivity contribution is -0.302. The van der Waals surface area contributed by atoms with Crippen LogP contribution in [0.1, 0.15) is 232 Å². The van der Waals surface area contributed by atoms with Gasteiger partial charge in [-0.2, -0.15) is 0 Å². The second kappa shape index (κ2) is 37.5. The highest BCUT2D eigenvalue weighted by Gasteiger charge is 2.44. The largest absolute Gasteiger partial charge is 0.394 e. The fourth-order valence-corrected chi connectivity index (χ4v) is 7.87. The van der Waals surface area contributed by atoms with Crippen LogP contribution >= 0.6 is 0 Å². The van der Waals surface area contributed by atoms with Crippen molar-refractivity contribution in [1.29, 1.82) is 0 Å². The first kappa shape index (κ1) is 52.2. The smallest absolute Gasteiger partial charge is 0.220 e. The van der Waals surface area contributed by atoms with Crippen LogP contribution in [0.25, 0.3) is 0 Å². The zero-order chi connectivity index (χ0) is 40.2. The highest BCUT2D eigenvalue weighted by atomic mass is 16.7. The molecule has 1 heterocycles. The number of carbonyl (C=O) groups excluding carboxylic acids is 1. The van der Waals surface area contributed by atoms with E-state index in [9.17, 15) is 30.3 Å². The number of rotatable bonds is 40. The minimum Gasteiger partial charge on any atom is -0.394 e. The Bertz CT molecular complexity index is 832. The van der Waals surface area contributed by atoms with Crippen molar-refractivity contribution in [3.8, 4) is 0 Å². The molecule has 6 N–H and O–H groups in total. The lowest BCUT2D eigenvalue weighted by Gasteiger charge is -2.40. The third-order valence-corrected chi connectivity index (χ3v) is 11.7. The molecular weight excluding hydrogens is 695 g/mol. The molecule has 2 unspecified atom stereocenters. The van der Waals surface area contributed by atoms with Crippen LogP contribution in [-0.4, -0.2) is 87.5 Å². The van der Waals surface area contributed by atoms with E-state index in [0.29, 0.717) is 12.8 Å².